The number of amides is 1. The first-order valence-corrected chi connectivity index (χ1v) is 9.44. The zero-order valence-corrected chi connectivity index (χ0v) is 16.0. The van der Waals surface area contributed by atoms with E-state index in [1.807, 2.05) is 13.8 Å². The Balaban J connectivity index is 1.87. The van der Waals surface area contributed by atoms with Crippen molar-refractivity contribution in [1.29, 1.82) is 5.41 Å². The van der Waals surface area contributed by atoms with Crippen molar-refractivity contribution < 1.29 is 14.3 Å². The molecule has 0 atom stereocenters. The van der Waals surface area contributed by atoms with Crippen LogP contribution in [0.3, 0.4) is 0 Å². The number of nitrogens with one attached hydrogen (secondary N) is 1. The standard InChI is InChI=1S/C17H16N4O3S2/c1-9(2)25-17-20-26-16-19-15(23)13(14(18)21(16)17)8-11-4-6-12(7-5-11)24-10(3)22/h4-9,18H,1-3H3/b13-8-,18-14?. The van der Waals surface area contributed by atoms with E-state index in [1.54, 1.807) is 35.2 Å². The molecule has 1 aromatic carbocycles. The highest BCUT2D eigenvalue weighted by molar-refractivity contribution is 8.19. The summed E-state index contributed by atoms with van der Waals surface area (Å²) in [5.74, 6) is -0.392. The highest BCUT2D eigenvalue weighted by atomic mass is 32.2. The molecule has 0 spiro atoms. The van der Waals surface area contributed by atoms with E-state index in [0.29, 0.717) is 26.9 Å². The fraction of sp³-hybridized carbons (Fsp3) is 0.235. The molecular weight excluding hydrogens is 372 g/mol. The average Bonchev–Trinajstić information content (AvgIpc) is 2.94. The van der Waals surface area contributed by atoms with E-state index >= 15 is 0 Å². The van der Waals surface area contributed by atoms with Crippen LogP contribution in [0.5, 0.6) is 5.75 Å². The first-order valence-electron chi connectivity index (χ1n) is 7.79. The van der Waals surface area contributed by atoms with Crippen LogP contribution in [-0.2, 0) is 9.59 Å². The Labute approximate surface area is 159 Å². The first-order chi connectivity index (χ1) is 12.3. The fourth-order valence-electron chi connectivity index (χ4n) is 2.25. The predicted octanol–water partition coefficient (Wildman–Crippen LogP) is 3.33. The highest BCUT2D eigenvalue weighted by Gasteiger charge is 2.37. The summed E-state index contributed by atoms with van der Waals surface area (Å²) in [6, 6.07) is 6.68. The maximum absolute atomic E-state index is 12.3. The van der Waals surface area contributed by atoms with Gasteiger partial charge in [-0.1, -0.05) is 37.7 Å². The number of esters is 1. The van der Waals surface area contributed by atoms with Crippen LogP contribution in [0, 0.1) is 5.41 Å². The molecule has 0 saturated heterocycles. The number of thioether (sulfide) groups is 1. The fourth-order valence-corrected chi connectivity index (χ4v) is 3.92. The van der Waals surface area contributed by atoms with E-state index in [4.69, 9.17) is 10.1 Å². The Kier molecular flexibility index (Phi) is 5.28. The molecule has 0 saturated carbocycles. The van der Waals surface area contributed by atoms with Gasteiger partial charge in [0.05, 0.1) is 17.5 Å². The summed E-state index contributed by atoms with van der Waals surface area (Å²) in [6.45, 7) is 5.40. The van der Waals surface area contributed by atoms with Gasteiger partial charge in [-0.3, -0.25) is 15.0 Å². The summed E-state index contributed by atoms with van der Waals surface area (Å²) in [7, 11) is 0. The minimum Gasteiger partial charge on any atom is -0.427 e. The zero-order valence-electron chi connectivity index (χ0n) is 14.3. The van der Waals surface area contributed by atoms with Crippen LogP contribution in [0.25, 0.3) is 6.08 Å². The second-order valence-corrected chi connectivity index (χ2v) is 8.01. The summed E-state index contributed by atoms with van der Waals surface area (Å²) >= 11 is 2.62. The summed E-state index contributed by atoms with van der Waals surface area (Å²) < 4.78 is 9.30. The molecule has 1 N–H and O–H groups in total. The minimum absolute atomic E-state index is 0.0564. The lowest BCUT2D eigenvalue weighted by Gasteiger charge is -2.25. The number of carbonyl (C=O) groups is 2. The van der Waals surface area contributed by atoms with E-state index in [0.717, 1.165) is 11.9 Å². The zero-order chi connectivity index (χ0) is 18.8. The van der Waals surface area contributed by atoms with E-state index in [1.165, 1.54) is 18.7 Å². The smallest absolute Gasteiger partial charge is 0.308 e. The van der Waals surface area contributed by atoms with E-state index < -0.39 is 11.9 Å². The normalized spacial score (nSPS) is 18.2. The van der Waals surface area contributed by atoms with Gasteiger partial charge in [-0.05, 0) is 23.8 Å². The van der Waals surface area contributed by atoms with Crippen molar-refractivity contribution in [2.45, 2.75) is 26.0 Å². The first kappa shape index (κ1) is 18.4. The average molecular weight is 388 g/mol. The molecule has 2 heterocycles. The molecule has 9 heteroatoms. The molecule has 0 aliphatic carbocycles. The van der Waals surface area contributed by atoms with Crippen molar-refractivity contribution in [1.82, 2.24) is 4.90 Å². The highest BCUT2D eigenvalue weighted by Crippen LogP contribution is 2.33. The third-order valence-electron chi connectivity index (χ3n) is 3.29. The van der Waals surface area contributed by atoms with Crippen LogP contribution < -0.4 is 4.74 Å². The molecule has 0 radical (unpaired) electrons. The number of benzene rings is 1. The monoisotopic (exact) mass is 388 g/mol. The lowest BCUT2D eigenvalue weighted by molar-refractivity contribution is -0.131. The maximum Gasteiger partial charge on any atom is 0.308 e. The molecule has 2 aliphatic rings. The molecule has 0 fully saturated rings. The Hall–Kier alpha value is -2.39. The number of aliphatic imine (C=N–C) groups is 1. The Morgan fingerprint density at radius 3 is 2.65 bits per heavy atom. The predicted molar refractivity (Wildman–Crippen MR) is 105 cm³/mol. The molecule has 1 aromatic rings. The van der Waals surface area contributed by atoms with Gasteiger partial charge in [0, 0.05) is 12.2 Å². The Morgan fingerprint density at radius 1 is 1.35 bits per heavy atom. The van der Waals surface area contributed by atoms with Crippen molar-refractivity contribution in [2.24, 2.45) is 9.39 Å². The molecule has 1 amide bonds. The second-order valence-electron chi connectivity index (χ2n) is 5.74. The van der Waals surface area contributed by atoms with Gasteiger partial charge < -0.3 is 4.74 Å². The number of fused-ring (bicyclic) bond motifs is 1. The van der Waals surface area contributed by atoms with E-state index in [-0.39, 0.29) is 11.4 Å². The second kappa shape index (κ2) is 7.46. The van der Waals surface area contributed by atoms with Crippen LogP contribution in [-0.4, -0.2) is 38.2 Å². The van der Waals surface area contributed by atoms with Crippen molar-refractivity contribution in [3.63, 3.8) is 0 Å². The topological polar surface area (TPSA) is 95.2 Å². The Morgan fingerprint density at radius 2 is 2.04 bits per heavy atom. The number of nitrogens with zero attached hydrogens (tertiary/aromatic N) is 3. The summed E-state index contributed by atoms with van der Waals surface area (Å²) in [5, 5.41) is 9.79. The van der Waals surface area contributed by atoms with Crippen LogP contribution in [0.15, 0.2) is 39.2 Å². The van der Waals surface area contributed by atoms with Gasteiger partial charge in [-0.15, -0.1) is 0 Å². The molecule has 2 aliphatic heterocycles. The lowest BCUT2D eigenvalue weighted by Crippen LogP contribution is -2.41. The SMILES string of the molecule is CC(=O)Oc1ccc(/C=C2/C(=N)N3C(=NC2=O)SN=C3SC(C)C)cc1. The van der Waals surface area contributed by atoms with Crippen LogP contribution in [0.2, 0.25) is 0 Å². The minimum atomic E-state index is -0.469. The molecule has 7 nitrogen and oxygen atoms in total. The molecule has 0 aromatic heterocycles. The van der Waals surface area contributed by atoms with Gasteiger partial charge in [0.2, 0.25) is 5.17 Å². The van der Waals surface area contributed by atoms with Crippen molar-refractivity contribution in [2.75, 3.05) is 0 Å². The third-order valence-corrected chi connectivity index (χ3v) is 5.06. The molecule has 134 valence electrons. The van der Waals surface area contributed by atoms with Gasteiger partial charge in [0.15, 0.2) is 5.17 Å². The number of hydrogen-bond donors (Lipinski definition) is 1. The van der Waals surface area contributed by atoms with Crippen LogP contribution in [0.1, 0.15) is 26.3 Å². The molecule has 26 heavy (non-hydrogen) atoms. The summed E-state index contributed by atoms with van der Waals surface area (Å²) in [5.41, 5.74) is 0.892. The molecular formula is C17H16N4O3S2. The van der Waals surface area contributed by atoms with Gasteiger partial charge in [-0.2, -0.15) is 9.39 Å². The Bertz CT molecular complexity index is 872. The van der Waals surface area contributed by atoms with E-state index in [2.05, 4.69) is 9.39 Å². The molecule has 3 rings (SSSR count). The van der Waals surface area contributed by atoms with E-state index in [9.17, 15) is 9.59 Å². The van der Waals surface area contributed by atoms with Gasteiger partial charge >= 0.3 is 5.97 Å². The van der Waals surface area contributed by atoms with Crippen molar-refractivity contribution >= 4 is 57.8 Å². The summed E-state index contributed by atoms with van der Waals surface area (Å²) in [4.78, 5) is 28.9. The lowest BCUT2D eigenvalue weighted by atomic mass is 10.1. The van der Waals surface area contributed by atoms with Crippen molar-refractivity contribution in [3.8, 4) is 5.75 Å². The van der Waals surface area contributed by atoms with Crippen LogP contribution >= 0.6 is 23.7 Å². The van der Waals surface area contributed by atoms with Gasteiger partial charge in [0.1, 0.15) is 11.6 Å². The number of hydrogen-bond acceptors (Lipinski definition) is 7. The number of carbonyl (C=O) groups excluding carboxylic acids is 2. The number of ether oxygens (including phenoxy) is 1. The number of rotatable bonds is 3. The van der Waals surface area contributed by atoms with Gasteiger partial charge in [0.25, 0.3) is 5.91 Å². The molecule has 0 unspecified atom stereocenters. The van der Waals surface area contributed by atoms with Gasteiger partial charge in [-0.25, -0.2) is 4.90 Å². The van der Waals surface area contributed by atoms with Crippen molar-refractivity contribution in [3.05, 3.63) is 35.4 Å². The largest absolute Gasteiger partial charge is 0.427 e. The number of amidine groups is 3. The van der Waals surface area contributed by atoms with Crippen LogP contribution in [0.4, 0.5) is 0 Å². The summed E-state index contributed by atoms with van der Waals surface area (Å²) in [6.07, 6.45) is 1.60. The molecule has 0 bridgehead atoms. The maximum atomic E-state index is 12.3. The third kappa shape index (κ3) is 3.88. The quantitative estimate of drug-likeness (QED) is 0.369.